The Morgan fingerprint density at radius 1 is 1.17 bits per heavy atom. The van der Waals surface area contributed by atoms with Crippen LogP contribution in [0.25, 0.3) is 0 Å². The second-order valence-corrected chi connectivity index (χ2v) is 11.5. The molecule has 0 N–H and O–H groups in total. The maximum absolute atomic E-state index is 6.44. The van der Waals surface area contributed by atoms with E-state index in [4.69, 9.17) is 18.3 Å². The molecular formula is C18H34O4Si. The highest BCUT2D eigenvalue weighted by Crippen LogP contribution is 2.58. The molecule has 2 aliphatic heterocycles. The van der Waals surface area contributed by atoms with Crippen LogP contribution in [0.4, 0.5) is 0 Å². The molecule has 3 fully saturated rings. The molecule has 0 aromatic rings. The summed E-state index contributed by atoms with van der Waals surface area (Å²) in [5.74, 6) is 1.04. The zero-order chi connectivity index (χ0) is 16.7. The van der Waals surface area contributed by atoms with Crippen molar-refractivity contribution in [3.05, 3.63) is 0 Å². The minimum atomic E-state index is -2.41. The molecule has 0 spiro atoms. The highest BCUT2D eigenvalue weighted by Gasteiger charge is 2.69. The van der Waals surface area contributed by atoms with Crippen LogP contribution < -0.4 is 0 Å². The predicted molar refractivity (Wildman–Crippen MR) is 92.6 cm³/mol. The van der Waals surface area contributed by atoms with Crippen LogP contribution >= 0.6 is 0 Å². The van der Waals surface area contributed by atoms with Gasteiger partial charge in [-0.3, -0.25) is 0 Å². The van der Waals surface area contributed by atoms with Gasteiger partial charge in [0.2, 0.25) is 0 Å². The molecule has 5 heteroatoms. The van der Waals surface area contributed by atoms with Gasteiger partial charge < -0.3 is 18.3 Å². The van der Waals surface area contributed by atoms with Crippen molar-refractivity contribution < 1.29 is 18.3 Å². The molecule has 4 nitrogen and oxygen atoms in total. The molecular weight excluding hydrogens is 308 g/mol. The van der Waals surface area contributed by atoms with Crippen molar-refractivity contribution in [3.63, 3.8) is 0 Å². The molecule has 0 amide bonds. The fourth-order valence-electron chi connectivity index (χ4n) is 5.78. The average molecular weight is 343 g/mol. The maximum Gasteiger partial charge on any atom is 0.371 e. The van der Waals surface area contributed by atoms with Gasteiger partial charge in [0, 0.05) is 21.3 Å². The topological polar surface area (TPSA) is 40.2 Å². The van der Waals surface area contributed by atoms with Crippen molar-refractivity contribution >= 4 is 8.56 Å². The Balaban J connectivity index is 1.97. The Bertz CT molecular complexity index is 425. The van der Waals surface area contributed by atoms with Gasteiger partial charge in [-0.05, 0) is 56.9 Å². The van der Waals surface area contributed by atoms with E-state index in [2.05, 4.69) is 13.8 Å². The summed E-state index contributed by atoms with van der Waals surface area (Å²) < 4.78 is 24.8. The van der Waals surface area contributed by atoms with E-state index in [0.717, 1.165) is 18.9 Å². The summed E-state index contributed by atoms with van der Waals surface area (Å²) in [5.41, 5.74) is 0.144. The molecule has 1 saturated carbocycles. The van der Waals surface area contributed by atoms with E-state index < -0.39 is 8.56 Å². The highest BCUT2D eigenvalue weighted by molar-refractivity contribution is 6.71. The minimum Gasteiger partial charge on any atom is -0.396 e. The van der Waals surface area contributed by atoms with E-state index in [0.29, 0.717) is 17.9 Å². The van der Waals surface area contributed by atoms with Gasteiger partial charge in [-0.2, -0.15) is 0 Å². The Morgan fingerprint density at radius 3 is 2.48 bits per heavy atom. The summed E-state index contributed by atoms with van der Waals surface area (Å²) in [7, 11) is 3.18. The molecule has 0 bridgehead atoms. The Labute approximate surface area is 142 Å². The largest absolute Gasteiger partial charge is 0.396 e. The van der Waals surface area contributed by atoms with Crippen molar-refractivity contribution in [1.82, 2.24) is 0 Å². The summed E-state index contributed by atoms with van der Waals surface area (Å²) in [6.45, 7) is 4.54. The molecule has 23 heavy (non-hydrogen) atoms. The SMILES string of the molecule is CCCC1CCC[Si](OC)(OC)C1(OC)C1CCC2(C)OC2C1. The van der Waals surface area contributed by atoms with Gasteiger partial charge in [-0.1, -0.05) is 19.8 Å². The van der Waals surface area contributed by atoms with Gasteiger partial charge in [-0.15, -0.1) is 0 Å². The second kappa shape index (κ2) is 6.41. The van der Waals surface area contributed by atoms with Crippen LogP contribution in [-0.4, -0.2) is 46.8 Å². The molecule has 2 saturated heterocycles. The van der Waals surface area contributed by atoms with E-state index in [1.807, 2.05) is 21.3 Å². The maximum atomic E-state index is 6.44. The van der Waals surface area contributed by atoms with Crippen LogP contribution in [-0.2, 0) is 18.3 Å². The molecule has 3 rings (SSSR count). The quantitative estimate of drug-likeness (QED) is 0.543. The van der Waals surface area contributed by atoms with Crippen LogP contribution in [0, 0.1) is 11.8 Å². The zero-order valence-corrected chi connectivity index (χ0v) is 16.5. The number of methoxy groups -OCH3 is 1. The lowest BCUT2D eigenvalue weighted by Gasteiger charge is -2.56. The van der Waals surface area contributed by atoms with Gasteiger partial charge in [0.05, 0.1) is 11.7 Å². The standard InChI is InChI=1S/C18H34O4Si/c1-6-8-14-9-7-12-23(20-4,21-5)18(14,19-3)15-10-11-17(2)16(13-15)22-17/h14-16H,6-13H2,1-5H3. The first-order valence-electron chi connectivity index (χ1n) is 9.35. The van der Waals surface area contributed by atoms with Crippen molar-refractivity contribution in [2.24, 2.45) is 11.8 Å². The van der Waals surface area contributed by atoms with Crippen LogP contribution in [0.5, 0.6) is 0 Å². The predicted octanol–water partition coefficient (Wildman–Crippen LogP) is 3.81. The molecule has 5 atom stereocenters. The third-order valence-corrected chi connectivity index (χ3v) is 11.6. The fraction of sp³-hybridized carbons (Fsp3) is 1.00. The van der Waals surface area contributed by atoms with Crippen LogP contribution in [0.3, 0.4) is 0 Å². The van der Waals surface area contributed by atoms with E-state index in [9.17, 15) is 0 Å². The van der Waals surface area contributed by atoms with Crippen molar-refractivity contribution in [2.75, 3.05) is 21.3 Å². The molecule has 0 radical (unpaired) electrons. The van der Waals surface area contributed by atoms with Crippen LogP contribution in [0.15, 0.2) is 0 Å². The molecule has 1 aliphatic carbocycles. The summed E-state index contributed by atoms with van der Waals surface area (Å²) in [5, 5.41) is -0.224. The third kappa shape index (κ3) is 2.54. The first-order chi connectivity index (χ1) is 11.0. The second-order valence-electron chi connectivity index (χ2n) is 7.93. The lowest BCUT2D eigenvalue weighted by atomic mass is 9.74. The average Bonchev–Trinajstić information content (AvgIpc) is 3.25. The van der Waals surface area contributed by atoms with Gasteiger partial charge >= 0.3 is 8.56 Å². The first kappa shape index (κ1) is 17.9. The Hall–Kier alpha value is 0.0569. The monoisotopic (exact) mass is 342 g/mol. The van der Waals surface area contributed by atoms with E-state index in [1.165, 1.54) is 32.1 Å². The van der Waals surface area contributed by atoms with Crippen molar-refractivity contribution in [3.8, 4) is 0 Å². The first-order valence-corrected chi connectivity index (χ1v) is 11.4. The van der Waals surface area contributed by atoms with Gasteiger partial charge in [0.25, 0.3) is 0 Å². The fourth-order valence-corrected chi connectivity index (χ4v) is 10.2. The minimum absolute atomic E-state index is 0.144. The number of hydrogen-bond acceptors (Lipinski definition) is 4. The smallest absolute Gasteiger partial charge is 0.371 e. The van der Waals surface area contributed by atoms with Gasteiger partial charge in [-0.25, -0.2) is 0 Å². The molecule has 3 aliphatic rings. The third-order valence-electron chi connectivity index (χ3n) is 7.02. The normalized spacial score (nSPS) is 45.5. The molecule has 0 aromatic heterocycles. The number of epoxide rings is 1. The van der Waals surface area contributed by atoms with Gasteiger partial charge in [0.1, 0.15) is 5.22 Å². The van der Waals surface area contributed by atoms with E-state index in [1.54, 1.807) is 0 Å². The van der Waals surface area contributed by atoms with Gasteiger partial charge in [0.15, 0.2) is 0 Å². The molecule has 134 valence electrons. The van der Waals surface area contributed by atoms with Crippen LogP contribution in [0.2, 0.25) is 6.04 Å². The Kier molecular flexibility index (Phi) is 4.98. The summed E-state index contributed by atoms with van der Waals surface area (Å²) >= 11 is 0. The number of hydrogen-bond donors (Lipinski definition) is 0. The number of rotatable bonds is 6. The van der Waals surface area contributed by atoms with Crippen LogP contribution in [0.1, 0.15) is 58.8 Å². The lowest BCUT2D eigenvalue weighted by Crippen LogP contribution is -2.72. The lowest BCUT2D eigenvalue weighted by molar-refractivity contribution is -0.0966. The summed E-state index contributed by atoms with van der Waals surface area (Å²) in [6.07, 6.45) is 8.67. The van der Waals surface area contributed by atoms with E-state index in [-0.39, 0.29) is 10.8 Å². The summed E-state index contributed by atoms with van der Waals surface area (Å²) in [4.78, 5) is 0. The Morgan fingerprint density at radius 2 is 1.91 bits per heavy atom. The highest BCUT2D eigenvalue weighted by atomic mass is 28.4. The van der Waals surface area contributed by atoms with Crippen molar-refractivity contribution in [2.45, 2.75) is 81.8 Å². The molecule has 0 aromatic carbocycles. The summed E-state index contributed by atoms with van der Waals surface area (Å²) in [6, 6.07) is 1.05. The number of ether oxygens (including phenoxy) is 2. The molecule has 2 heterocycles. The molecule has 5 unspecified atom stereocenters. The van der Waals surface area contributed by atoms with Crippen molar-refractivity contribution in [1.29, 1.82) is 0 Å². The van der Waals surface area contributed by atoms with E-state index >= 15 is 0 Å². The number of fused-ring (bicyclic) bond motifs is 1. The zero-order valence-electron chi connectivity index (χ0n) is 15.5.